The molecule has 174 valence electrons. The summed E-state index contributed by atoms with van der Waals surface area (Å²) in [5, 5.41) is 11.0. The molecule has 0 aliphatic carbocycles. The van der Waals surface area contributed by atoms with Crippen molar-refractivity contribution in [2.75, 3.05) is 25.2 Å². The average molecular weight is 461 g/mol. The molecule has 0 fully saturated rings. The molecule has 4 aromatic rings. The van der Waals surface area contributed by atoms with Crippen LogP contribution in [-0.4, -0.2) is 47.1 Å². The van der Waals surface area contributed by atoms with E-state index in [0.29, 0.717) is 28.9 Å². The van der Waals surface area contributed by atoms with Crippen LogP contribution in [0.25, 0.3) is 11.0 Å². The number of methoxy groups -OCH3 is 1. The van der Waals surface area contributed by atoms with Crippen molar-refractivity contribution in [1.29, 1.82) is 0 Å². The molecule has 9 heteroatoms. The van der Waals surface area contributed by atoms with Gasteiger partial charge in [-0.2, -0.15) is 0 Å². The van der Waals surface area contributed by atoms with E-state index < -0.39 is 17.8 Å². The third-order valence-electron chi connectivity index (χ3n) is 5.31. The Labute approximate surface area is 195 Å². The fourth-order valence-corrected chi connectivity index (χ4v) is 3.70. The summed E-state index contributed by atoms with van der Waals surface area (Å²) in [5.74, 6) is -1.23. The molecule has 1 atom stereocenters. The van der Waals surface area contributed by atoms with Crippen molar-refractivity contribution in [3.8, 4) is 0 Å². The summed E-state index contributed by atoms with van der Waals surface area (Å²) in [7, 11) is 1.54. The van der Waals surface area contributed by atoms with Crippen molar-refractivity contribution in [1.82, 2.24) is 20.3 Å². The Morgan fingerprint density at radius 3 is 2.47 bits per heavy atom. The van der Waals surface area contributed by atoms with Crippen molar-refractivity contribution in [2.45, 2.75) is 12.6 Å². The zero-order valence-electron chi connectivity index (χ0n) is 18.6. The first kappa shape index (κ1) is 23.1. The van der Waals surface area contributed by atoms with E-state index in [0.717, 1.165) is 0 Å². The van der Waals surface area contributed by atoms with Gasteiger partial charge < -0.3 is 10.1 Å². The van der Waals surface area contributed by atoms with E-state index in [-0.39, 0.29) is 19.0 Å². The van der Waals surface area contributed by atoms with Crippen LogP contribution in [0.15, 0.2) is 78.9 Å². The van der Waals surface area contributed by atoms with Crippen LogP contribution in [0.2, 0.25) is 0 Å². The zero-order chi connectivity index (χ0) is 23.9. The fraction of sp³-hybridized carbons (Fsp3) is 0.200. The number of carbonyl (C=O) groups is 2. The number of carbonyl (C=O) groups excluding carboxylic acids is 2. The fourth-order valence-electron chi connectivity index (χ4n) is 3.70. The lowest BCUT2D eigenvalue weighted by Gasteiger charge is -2.31. The molecule has 0 radical (unpaired) electrons. The van der Waals surface area contributed by atoms with Crippen LogP contribution >= 0.6 is 0 Å². The van der Waals surface area contributed by atoms with Crippen LogP contribution in [0.1, 0.15) is 11.6 Å². The molecule has 0 bridgehead atoms. The molecule has 1 unspecified atom stereocenters. The monoisotopic (exact) mass is 461 g/mol. The highest BCUT2D eigenvalue weighted by Crippen LogP contribution is 2.29. The Balaban J connectivity index is 1.75. The van der Waals surface area contributed by atoms with E-state index in [1.807, 2.05) is 24.3 Å². The van der Waals surface area contributed by atoms with Crippen LogP contribution < -0.4 is 10.2 Å². The highest BCUT2D eigenvalue weighted by molar-refractivity contribution is 6.01. The molecule has 1 aromatic heterocycles. The van der Waals surface area contributed by atoms with Crippen molar-refractivity contribution in [2.24, 2.45) is 0 Å². The van der Waals surface area contributed by atoms with Gasteiger partial charge in [-0.1, -0.05) is 47.7 Å². The maximum atomic E-state index is 13.7. The minimum atomic E-state index is -0.995. The molecule has 0 aliphatic heterocycles. The Bertz CT molecular complexity index is 1260. The second-order valence-corrected chi connectivity index (χ2v) is 7.57. The molecule has 0 spiro atoms. The van der Waals surface area contributed by atoms with Gasteiger partial charge in [-0.25, -0.2) is 9.07 Å². The lowest BCUT2D eigenvalue weighted by Crippen LogP contribution is -2.46. The molecule has 4 rings (SSSR count). The van der Waals surface area contributed by atoms with Gasteiger partial charge >= 0.3 is 0 Å². The number of para-hydroxylation sites is 1. The van der Waals surface area contributed by atoms with Crippen LogP contribution in [0.4, 0.5) is 10.1 Å². The molecule has 8 nitrogen and oxygen atoms in total. The smallest absolute Gasteiger partial charge is 0.249 e. The number of hydrogen-bond acceptors (Lipinski definition) is 5. The van der Waals surface area contributed by atoms with Gasteiger partial charge in [0.1, 0.15) is 23.9 Å². The normalized spacial score (nSPS) is 11.8. The first-order valence-electron chi connectivity index (χ1n) is 10.8. The molecular formula is C25H24FN5O3. The average Bonchev–Trinajstić information content (AvgIpc) is 3.26. The number of hydrogen-bond donors (Lipinski definition) is 1. The summed E-state index contributed by atoms with van der Waals surface area (Å²) >= 11 is 0. The number of anilines is 1. The summed E-state index contributed by atoms with van der Waals surface area (Å²) in [6.45, 7) is 0.438. The quantitative estimate of drug-likeness (QED) is 0.387. The van der Waals surface area contributed by atoms with Gasteiger partial charge in [0.2, 0.25) is 11.8 Å². The number of rotatable bonds is 9. The summed E-state index contributed by atoms with van der Waals surface area (Å²) < 4.78 is 20.2. The lowest BCUT2D eigenvalue weighted by molar-refractivity contribution is -0.127. The number of nitrogens with one attached hydrogen (secondary N) is 1. The lowest BCUT2D eigenvalue weighted by atomic mass is 10.0. The van der Waals surface area contributed by atoms with Gasteiger partial charge in [0.15, 0.2) is 0 Å². The third kappa shape index (κ3) is 5.10. The van der Waals surface area contributed by atoms with Crippen molar-refractivity contribution < 1.29 is 18.7 Å². The molecule has 2 amide bonds. The Morgan fingerprint density at radius 2 is 1.74 bits per heavy atom. The van der Waals surface area contributed by atoms with Gasteiger partial charge in [-0.05, 0) is 42.0 Å². The molecule has 0 aliphatic rings. The van der Waals surface area contributed by atoms with E-state index in [1.165, 1.54) is 41.0 Å². The van der Waals surface area contributed by atoms with Gasteiger partial charge in [0.25, 0.3) is 0 Å². The second-order valence-electron chi connectivity index (χ2n) is 7.57. The molecule has 1 N–H and O–H groups in total. The number of amides is 2. The number of benzene rings is 3. The number of nitrogens with zero attached hydrogens (tertiary/aromatic N) is 4. The van der Waals surface area contributed by atoms with Crippen molar-refractivity contribution >= 4 is 28.5 Å². The molecule has 0 saturated carbocycles. The number of halogens is 1. The Morgan fingerprint density at radius 1 is 1.03 bits per heavy atom. The van der Waals surface area contributed by atoms with Gasteiger partial charge in [0, 0.05) is 19.3 Å². The van der Waals surface area contributed by atoms with E-state index in [2.05, 4.69) is 15.6 Å². The van der Waals surface area contributed by atoms with Gasteiger partial charge in [0.05, 0.1) is 12.1 Å². The highest BCUT2D eigenvalue weighted by Gasteiger charge is 2.33. The highest BCUT2D eigenvalue weighted by atomic mass is 19.1. The van der Waals surface area contributed by atoms with E-state index in [1.54, 1.807) is 30.3 Å². The Kier molecular flexibility index (Phi) is 7.24. The largest absolute Gasteiger partial charge is 0.383 e. The van der Waals surface area contributed by atoms with Crippen LogP contribution in [-0.2, 0) is 20.9 Å². The first-order chi connectivity index (χ1) is 16.6. The molecule has 0 saturated heterocycles. The zero-order valence-corrected chi connectivity index (χ0v) is 18.6. The predicted octanol–water partition coefficient (Wildman–Crippen LogP) is 3.11. The second kappa shape index (κ2) is 10.7. The predicted molar refractivity (Wildman–Crippen MR) is 125 cm³/mol. The van der Waals surface area contributed by atoms with Gasteiger partial charge in [-0.15, -0.1) is 5.10 Å². The van der Waals surface area contributed by atoms with E-state index in [4.69, 9.17) is 4.74 Å². The third-order valence-corrected chi connectivity index (χ3v) is 5.31. The van der Waals surface area contributed by atoms with Gasteiger partial charge in [-0.3, -0.25) is 14.5 Å². The molecule has 3 aromatic carbocycles. The van der Waals surface area contributed by atoms with Crippen molar-refractivity contribution in [3.05, 3.63) is 90.2 Å². The summed E-state index contributed by atoms with van der Waals surface area (Å²) in [6, 6.07) is 20.7. The maximum absolute atomic E-state index is 13.7. The van der Waals surface area contributed by atoms with Crippen molar-refractivity contribution in [3.63, 3.8) is 0 Å². The number of fused-ring (bicyclic) bond motifs is 1. The molecule has 34 heavy (non-hydrogen) atoms. The van der Waals surface area contributed by atoms with Crippen LogP contribution in [0, 0.1) is 5.82 Å². The molecule has 1 heterocycles. The topological polar surface area (TPSA) is 89.4 Å². The summed E-state index contributed by atoms with van der Waals surface area (Å²) in [5.41, 5.74) is 2.33. The van der Waals surface area contributed by atoms with E-state index >= 15 is 0 Å². The standard InChI is InChI=1S/C25H24FN5O3/c1-34-16-15-27-25(33)24(18-7-3-2-4-8-18)31(20-13-11-19(26)12-14-20)23(32)17-30-22-10-6-5-9-21(22)28-29-30/h2-14,24H,15-17H2,1H3,(H,27,33). The van der Waals surface area contributed by atoms with Crippen LogP contribution in [0.3, 0.4) is 0 Å². The van der Waals surface area contributed by atoms with E-state index in [9.17, 15) is 14.0 Å². The SMILES string of the molecule is COCCNC(=O)C(c1ccccc1)N(C(=O)Cn1nnc2ccccc21)c1ccc(F)cc1. The molecular weight excluding hydrogens is 437 g/mol. The van der Waals surface area contributed by atoms with Crippen LogP contribution in [0.5, 0.6) is 0 Å². The number of ether oxygens (including phenoxy) is 1. The summed E-state index contributed by atoms with van der Waals surface area (Å²) in [6.07, 6.45) is 0. The number of aromatic nitrogens is 3. The summed E-state index contributed by atoms with van der Waals surface area (Å²) in [4.78, 5) is 28.4. The Hall–Kier alpha value is -4.11. The maximum Gasteiger partial charge on any atom is 0.249 e. The first-order valence-corrected chi connectivity index (χ1v) is 10.8. The minimum Gasteiger partial charge on any atom is -0.383 e. The minimum absolute atomic E-state index is 0.160.